The molecule has 3 heteroatoms. The minimum absolute atomic E-state index is 0.885. The van der Waals surface area contributed by atoms with Gasteiger partial charge < -0.3 is 13.9 Å². The highest BCUT2D eigenvalue weighted by Crippen LogP contribution is 2.36. The maximum atomic E-state index is 6.40. The number of hydrogen-bond donors (Lipinski definition) is 0. The molecule has 6 aromatic rings. The zero-order valence-corrected chi connectivity index (χ0v) is 17.9. The Morgan fingerprint density at radius 1 is 0.469 bits per heavy atom. The third-order valence-corrected chi connectivity index (χ3v) is 6.99. The number of benzene rings is 4. The van der Waals surface area contributed by atoms with Crippen molar-refractivity contribution in [2.75, 3.05) is 0 Å². The van der Waals surface area contributed by atoms with Crippen molar-refractivity contribution in [3.05, 3.63) is 84.9 Å². The summed E-state index contributed by atoms with van der Waals surface area (Å²) in [5.41, 5.74) is 5.21. The zero-order chi connectivity index (χ0) is 21.1. The molecular formula is C29H24N2O. The lowest BCUT2D eigenvalue weighted by atomic mass is 10.1. The van der Waals surface area contributed by atoms with Crippen LogP contribution in [0.15, 0.2) is 84.9 Å². The fourth-order valence-corrected chi connectivity index (χ4v) is 5.53. The Morgan fingerprint density at radius 3 is 1.47 bits per heavy atom. The van der Waals surface area contributed by atoms with Crippen LogP contribution in [0.5, 0.6) is 11.5 Å². The Labute approximate surface area is 186 Å². The predicted octanol–water partition coefficient (Wildman–Crippen LogP) is 7.88. The summed E-state index contributed by atoms with van der Waals surface area (Å²) in [5.74, 6) is 1.77. The van der Waals surface area contributed by atoms with Gasteiger partial charge in [0, 0.05) is 56.7 Å². The van der Waals surface area contributed by atoms with E-state index >= 15 is 0 Å². The minimum Gasteiger partial charge on any atom is -0.457 e. The summed E-state index contributed by atoms with van der Waals surface area (Å²) < 4.78 is 11.4. The lowest BCUT2D eigenvalue weighted by Gasteiger charge is -2.11. The first-order chi connectivity index (χ1) is 15.9. The van der Waals surface area contributed by atoms with Crippen LogP contribution in [0.1, 0.15) is 19.3 Å². The van der Waals surface area contributed by atoms with E-state index in [9.17, 15) is 0 Å². The van der Waals surface area contributed by atoms with Gasteiger partial charge in [0.25, 0.3) is 0 Å². The summed E-state index contributed by atoms with van der Waals surface area (Å²) in [6, 6.07) is 30.5. The molecular weight excluding hydrogens is 392 g/mol. The third kappa shape index (κ3) is 2.61. The van der Waals surface area contributed by atoms with Crippen molar-refractivity contribution in [1.82, 2.24) is 9.13 Å². The number of fused-ring (bicyclic) bond motifs is 2. The average molecular weight is 417 g/mol. The van der Waals surface area contributed by atoms with E-state index in [0.717, 1.165) is 24.6 Å². The molecule has 0 amide bonds. The van der Waals surface area contributed by atoms with E-state index in [1.807, 2.05) is 0 Å². The molecule has 32 heavy (non-hydrogen) atoms. The molecule has 0 aliphatic carbocycles. The van der Waals surface area contributed by atoms with Gasteiger partial charge in [0.2, 0.25) is 0 Å². The fourth-order valence-electron chi connectivity index (χ4n) is 5.53. The van der Waals surface area contributed by atoms with E-state index in [-0.39, 0.29) is 0 Å². The van der Waals surface area contributed by atoms with Gasteiger partial charge in [-0.05, 0) is 67.8 Å². The van der Waals surface area contributed by atoms with Crippen LogP contribution >= 0.6 is 0 Å². The lowest BCUT2D eigenvalue weighted by Crippen LogP contribution is -2.01. The molecule has 8 bridgehead atoms. The van der Waals surface area contributed by atoms with E-state index < -0.39 is 0 Å². The first kappa shape index (κ1) is 17.9. The number of aryl methyl sites for hydroxylation is 2. The second-order valence-electron chi connectivity index (χ2n) is 8.86. The van der Waals surface area contributed by atoms with Crippen LogP contribution in [-0.2, 0) is 13.1 Å². The average Bonchev–Trinajstić information content (AvgIpc) is 3.31. The molecule has 0 N–H and O–H groups in total. The number of nitrogens with zero attached hydrogens (tertiary/aromatic N) is 2. The van der Waals surface area contributed by atoms with Crippen molar-refractivity contribution in [2.24, 2.45) is 0 Å². The van der Waals surface area contributed by atoms with E-state index in [4.69, 9.17) is 4.74 Å². The van der Waals surface area contributed by atoms with Crippen LogP contribution in [0, 0.1) is 0 Å². The Morgan fingerprint density at radius 2 is 0.938 bits per heavy atom. The molecule has 4 aliphatic rings. The normalized spacial score (nSPS) is 14.5. The number of para-hydroxylation sites is 2. The SMILES string of the molecule is c1ccc2c(c1)c1cc3ccc1n2CCCCCn1c2ccccc2c2cc(ccc21)O3. The first-order valence-electron chi connectivity index (χ1n) is 11.6. The summed E-state index contributed by atoms with van der Waals surface area (Å²) in [4.78, 5) is 0. The van der Waals surface area contributed by atoms with Gasteiger partial charge in [0.1, 0.15) is 11.5 Å². The molecule has 0 fully saturated rings. The van der Waals surface area contributed by atoms with E-state index in [1.165, 1.54) is 62.9 Å². The quantitative estimate of drug-likeness (QED) is 0.246. The highest BCUT2D eigenvalue weighted by molar-refractivity contribution is 6.09. The Balaban J connectivity index is 1.46. The number of ether oxygens (including phenoxy) is 1. The topological polar surface area (TPSA) is 19.1 Å². The van der Waals surface area contributed by atoms with Crippen LogP contribution in [0.2, 0.25) is 0 Å². The largest absolute Gasteiger partial charge is 0.457 e. The van der Waals surface area contributed by atoms with Crippen LogP contribution in [0.4, 0.5) is 0 Å². The van der Waals surface area contributed by atoms with Gasteiger partial charge in [0.15, 0.2) is 0 Å². The summed E-state index contributed by atoms with van der Waals surface area (Å²) in [6.07, 6.45) is 3.56. The Bertz CT molecular complexity index is 1510. The van der Waals surface area contributed by atoms with Crippen molar-refractivity contribution in [3.8, 4) is 11.5 Å². The van der Waals surface area contributed by atoms with Crippen molar-refractivity contribution in [3.63, 3.8) is 0 Å². The first-order valence-corrected chi connectivity index (χ1v) is 11.6. The third-order valence-electron chi connectivity index (χ3n) is 6.99. The fraction of sp³-hybridized carbons (Fsp3) is 0.172. The second-order valence-corrected chi connectivity index (χ2v) is 8.86. The maximum Gasteiger partial charge on any atom is 0.128 e. The van der Waals surface area contributed by atoms with Crippen molar-refractivity contribution < 1.29 is 4.74 Å². The van der Waals surface area contributed by atoms with E-state index in [2.05, 4.69) is 94.1 Å². The van der Waals surface area contributed by atoms with Crippen LogP contribution in [0.25, 0.3) is 43.6 Å². The molecule has 4 aromatic carbocycles. The smallest absolute Gasteiger partial charge is 0.128 e. The van der Waals surface area contributed by atoms with Gasteiger partial charge in [-0.1, -0.05) is 36.4 Å². The Hall–Kier alpha value is -3.72. The lowest BCUT2D eigenvalue weighted by molar-refractivity contribution is 0.484. The van der Waals surface area contributed by atoms with Crippen LogP contribution < -0.4 is 4.74 Å². The van der Waals surface area contributed by atoms with Crippen molar-refractivity contribution in [2.45, 2.75) is 32.4 Å². The van der Waals surface area contributed by atoms with Gasteiger partial charge >= 0.3 is 0 Å². The minimum atomic E-state index is 0.885. The van der Waals surface area contributed by atoms with Crippen molar-refractivity contribution in [1.29, 1.82) is 0 Å². The molecule has 2 aromatic heterocycles. The molecule has 0 saturated carbocycles. The summed E-state index contributed by atoms with van der Waals surface area (Å²) >= 11 is 0. The summed E-state index contributed by atoms with van der Waals surface area (Å²) in [7, 11) is 0. The van der Waals surface area contributed by atoms with Crippen LogP contribution in [-0.4, -0.2) is 9.13 Å². The van der Waals surface area contributed by atoms with E-state index in [1.54, 1.807) is 0 Å². The molecule has 0 spiro atoms. The highest BCUT2D eigenvalue weighted by Gasteiger charge is 2.14. The van der Waals surface area contributed by atoms with Gasteiger partial charge in [-0.3, -0.25) is 0 Å². The molecule has 10 rings (SSSR count). The van der Waals surface area contributed by atoms with Gasteiger partial charge in [-0.25, -0.2) is 0 Å². The molecule has 4 aliphatic heterocycles. The number of hydrogen-bond acceptors (Lipinski definition) is 1. The molecule has 0 saturated heterocycles. The summed E-state index contributed by atoms with van der Waals surface area (Å²) in [6.45, 7) is 2.08. The van der Waals surface area contributed by atoms with E-state index in [0.29, 0.717) is 0 Å². The van der Waals surface area contributed by atoms with Gasteiger partial charge in [-0.2, -0.15) is 0 Å². The number of aromatic nitrogens is 2. The van der Waals surface area contributed by atoms with Gasteiger partial charge in [-0.15, -0.1) is 0 Å². The molecule has 0 unspecified atom stereocenters. The highest BCUT2D eigenvalue weighted by atomic mass is 16.5. The summed E-state index contributed by atoms with van der Waals surface area (Å²) in [5, 5.41) is 5.13. The number of rotatable bonds is 0. The molecule has 6 heterocycles. The second kappa shape index (κ2) is 6.89. The molecule has 0 radical (unpaired) electrons. The standard InChI is InChI=1S/C29H24N2O/c1-6-16-30-26-10-4-2-8-22(26)24-18-20(12-14-28(24)30)32-21-13-15-29-25(19-21)23-9-3-5-11-27(23)31(29)17-7-1/h2-5,8-15,18-19H,1,6-7,16-17H2. The van der Waals surface area contributed by atoms with Gasteiger partial charge in [0.05, 0.1) is 0 Å². The Kier molecular flexibility index (Phi) is 3.86. The molecule has 156 valence electrons. The van der Waals surface area contributed by atoms with Crippen LogP contribution in [0.3, 0.4) is 0 Å². The monoisotopic (exact) mass is 416 g/mol. The molecule has 3 nitrogen and oxygen atoms in total. The molecule has 0 atom stereocenters. The zero-order valence-electron chi connectivity index (χ0n) is 17.9. The predicted molar refractivity (Wildman–Crippen MR) is 133 cm³/mol. The maximum absolute atomic E-state index is 6.40. The van der Waals surface area contributed by atoms with Crippen molar-refractivity contribution >= 4 is 43.6 Å².